The minimum atomic E-state index is 0.666. The third-order valence-corrected chi connectivity index (χ3v) is 3.68. The van der Waals surface area contributed by atoms with Gasteiger partial charge in [-0.25, -0.2) is 4.98 Å². The van der Waals surface area contributed by atoms with Crippen LogP contribution in [0.3, 0.4) is 0 Å². The van der Waals surface area contributed by atoms with E-state index in [4.69, 9.17) is 5.73 Å². The molecule has 2 aromatic rings. The van der Waals surface area contributed by atoms with Gasteiger partial charge in [0.05, 0.1) is 0 Å². The van der Waals surface area contributed by atoms with Gasteiger partial charge in [0.25, 0.3) is 0 Å². The van der Waals surface area contributed by atoms with E-state index in [-0.39, 0.29) is 0 Å². The maximum absolute atomic E-state index is 5.50. The summed E-state index contributed by atoms with van der Waals surface area (Å²) in [5.74, 6) is 0. The van der Waals surface area contributed by atoms with Gasteiger partial charge < -0.3 is 5.73 Å². The quantitative estimate of drug-likeness (QED) is 0.939. The van der Waals surface area contributed by atoms with E-state index >= 15 is 0 Å². The Hall–Kier alpha value is -0.840. The summed E-state index contributed by atoms with van der Waals surface area (Å²) >= 11 is 5.12. The first-order valence-corrected chi connectivity index (χ1v) is 6.97. The first-order chi connectivity index (χ1) is 8.28. The maximum Gasteiger partial charge on any atom is 0.101 e. The molecule has 0 aliphatic heterocycles. The molecule has 0 atom stereocenters. The van der Waals surface area contributed by atoms with Crippen molar-refractivity contribution in [1.29, 1.82) is 0 Å². The van der Waals surface area contributed by atoms with Gasteiger partial charge in [0.2, 0.25) is 0 Å². The number of benzene rings is 1. The third kappa shape index (κ3) is 3.84. The SMILES string of the molecule is NCCc1ccc(Sc2cccc(Br)c2)nc1. The van der Waals surface area contributed by atoms with Gasteiger partial charge >= 0.3 is 0 Å². The average Bonchev–Trinajstić information content (AvgIpc) is 2.32. The Morgan fingerprint density at radius 1 is 1.24 bits per heavy atom. The highest BCUT2D eigenvalue weighted by Crippen LogP contribution is 2.27. The zero-order valence-corrected chi connectivity index (χ0v) is 11.7. The summed E-state index contributed by atoms with van der Waals surface area (Å²) in [6, 6.07) is 12.3. The summed E-state index contributed by atoms with van der Waals surface area (Å²) < 4.78 is 1.09. The van der Waals surface area contributed by atoms with Crippen molar-refractivity contribution in [3.05, 3.63) is 52.6 Å². The van der Waals surface area contributed by atoms with Crippen LogP contribution in [0.4, 0.5) is 0 Å². The van der Waals surface area contributed by atoms with Gasteiger partial charge in [-0.1, -0.05) is 39.8 Å². The summed E-state index contributed by atoms with van der Waals surface area (Å²) in [6.45, 7) is 0.666. The van der Waals surface area contributed by atoms with Crippen molar-refractivity contribution in [1.82, 2.24) is 4.98 Å². The largest absolute Gasteiger partial charge is 0.330 e. The molecular weight excluding hydrogens is 296 g/mol. The molecule has 0 aliphatic rings. The molecule has 0 saturated heterocycles. The molecule has 0 radical (unpaired) electrons. The molecule has 1 heterocycles. The van der Waals surface area contributed by atoms with Gasteiger partial charge in [0.1, 0.15) is 5.03 Å². The van der Waals surface area contributed by atoms with Crippen molar-refractivity contribution in [2.45, 2.75) is 16.3 Å². The molecule has 0 spiro atoms. The smallest absolute Gasteiger partial charge is 0.101 e. The normalized spacial score (nSPS) is 10.5. The van der Waals surface area contributed by atoms with Gasteiger partial charge in [-0.2, -0.15) is 0 Å². The molecule has 2 nitrogen and oxygen atoms in total. The number of nitrogens with two attached hydrogens (primary N) is 1. The fraction of sp³-hybridized carbons (Fsp3) is 0.154. The second kappa shape index (κ2) is 6.19. The van der Waals surface area contributed by atoms with E-state index in [0.29, 0.717) is 6.54 Å². The van der Waals surface area contributed by atoms with Crippen molar-refractivity contribution in [2.24, 2.45) is 5.73 Å². The molecule has 0 fully saturated rings. The number of hydrogen-bond donors (Lipinski definition) is 1. The Morgan fingerprint density at radius 2 is 2.12 bits per heavy atom. The van der Waals surface area contributed by atoms with Crippen molar-refractivity contribution in [3.63, 3.8) is 0 Å². The number of aromatic nitrogens is 1. The lowest BCUT2D eigenvalue weighted by Gasteiger charge is -2.03. The summed E-state index contributed by atoms with van der Waals surface area (Å²) in [5, 5.41) is 1.00. The van der Waals surface area contributed by atoms with Crippen LogP contribution in [-0.2, 0) is 6.42 Å². The Morgan fingerprint density at radius 3 is 2.76 bits per heavy atom. The van der Waals surface area contributed by atoms with Crippen molar-refractivity contribution < 1.29 is 0 Å². The second-order valence-corrected chi connectivity index (χ2v) is 5.61. The molecule has 2 rings (SSSR count). The molecule has 0 saturated carbocycles. The predicted octanol–water partition coefficient (Wildman–Crippen LogP) is 3.50. The van der Waals surface area contributed by atoms with Crippen LogP contribution < -0.4 is 5.73 Å². The molecule has 2 N–H and O–H groups in total. The lowest BCUT2D eigenvalue weighted by Crippen LogP contribution is -2.02. The standard InChI is InChI=1S/C13H13BrN2S/c14-11-2-1-3-12(8-11)17-13-5-4-10(6-7-15)9-16-13/h1-5,8-9H,6-7,15H2. The molecule has 1 aromatic carbocycles. The van der Waals surface area contributed by atoms with Gasteiger partial charge in [0.15, 0.2) is 0 Å². The Kier molecular flexibility index (Phi) is 4.59. The van der Waals surface area contributed by atoms with E-state index in [1.54, 1.807) is 11.8 Å². The molecule has 1 aromatic heterocycles. The minimum Gasteiger partial charge on any atom is -0.330 e. The number of hydrogen-bond acceptors (Lipinski definition) is 3. The van der Waals surface area contributed by atoms with Crippen LogP contribution in [0.15, 0.2) is 57.0 Å². The van der Waals surface area contributed by atoms with Crippen molar-refractivity contribution in [3.8, 4) is 0 Å². The predicted molar refractivity (Wildman–Crippen MR) is 75.3 cm³/mol. The molecule has 4 heteroatoms. The van der Waals surface area contributed by atoms with Gasteiger partial charge in [-0.3, -0.25) is 0 Å². The van der Waals surface area contributed by atoms with E-state index in [2.05, 4.69) is 39.1 Å². The summed E-state index contributed by atoms with van der Waals surface area (Å²) in [7, 11) is 0. The Balaban J connectivity index is 2.08. The number of halogens is 1. The number of nitrogens with zero attached hydrogens (tertiary/aromatic N) is 1. The number of pyridine rings is 1. The highest BCUT2D eigenvalue weighted by molar-refractivity contribution is 9.10. The highest BCUT2D eigenvalue weighted by atomic mass is 79.9. The van der Waals surface area contributed by atoms with Crippen LogP contribution in [0.5, 0.6) is 0 Å². The van der Waals surface area contributed by atoms with E-state index in [9.17, 15) is 0 Å². The fourth-order valence-corrected chi connectivity index (χ4v) is 2.80. The number of rotatable bonds is 4. The zero-order valence-electron chi connectivity index (χ0n) is 9.27. The third-order valence-electron chi connectivity index (χ3n) is 2.25. The average molecular weight is 309 g/mol. The molecule has 17 heavy (non-hydrogen) atoms. The molecule has 0 amide bonds. The molecule has 0 aliphatic carbocycles. The minimum absolute atomic E-state index is 0.666. The topological polar surface area (TPSA) is 38.9 Å². The van der Waals surface area contributed by atoms with Crippen LogP contribution in [0.2, 0.25) is 0 Å². The van der Waals surface area contributed by atoms with Crippen molar-refractivity contribution >= 4 is 27.7 Å². The van der Waals surface area contributed by atoms with Crippen LogP contribution in [0, 0.1) is 0 Å². The zero-order chi connectivity index (χ0) is 12.1. The molecular formula is C13H13BrN2S. The maximum atomic E-state index is 5.50. The second-order valence-electron chi connectivity index (χ2n) is 3.60. The lowest BCUT2D eigenvalue weighted by molar-refractivity contribution is 0.945. The van der Waals surface area contributed by atoms with Crippen LogP contribution >= 0.6 is 27.7 Å². The van der Waals surface area contributed by atoms with Crippen LogP contribution in [0.25, 0.3) is 0 Å². The van der Waals surface area contributed by atoms with Crippen molar-refractivity contribution in [2.75, 3.05) is 6.54 Å². The monoisotopic (exact) mass is 308 g/mol. The summed E-state index contributed by atoms with van der Waals surface area (Å²) in [4.78, 5) is 5.59. The first kappa shape index (κ1) is 12.6. The summed E-state index contributed by atoms with van der Waals surface area (Å²) in [6.07, 6.45) is 2.78. The van der Waals surface area contributed by atoms with Gasteiger partial charge in [0, 0.05) is 15.6 Å². The highest BCUT2D eigenvalue weighted by Gasteiger charge is 2.00. The summed E-state index contributed by atoms with van der Waals surface area (Å²) in [5.41, 5.74) is 6.69. The van der Waals surface area contributed by atoms with E-state index in [1.807, 2.05) is 24.4 Å². The van der Waals surface area contributed by atoms with E-state index in [0.717, 1.165) is 15.9 Å². The molecule has 0 unspecified atom stereocenters. The van der Waals surface area contributed by atoms with Gasteiger partial charge in [-0.05, 0) is 42.8 Å². The fourth-order valence-electron chi connectivity index (χ4n) is 1.44. The molecule has 88 valence electrons. The van der Waals surface area contributed by atoms with E-state index < -0.39 is 0 Å². The van der Waals surface area contributed by atoms with Crippen LogP contribution in [-0.4, -0.2) is 11.5 Å². The lowest BCUT2D eigenvalue weighted by atomic mass is 10.2. The first-order valence-electron chi connectivity index (χ1n) is 5.36. The van der Waals surface area contributed by atoms with Crippen LogP contribution in [0.1, 0.15) is 5.56 Å². The van der Waals surface area contributed by atoms with E-state index in [1.165, 1.54) is 10.5 Å². The Labute approximate surface area is 114 Å². The Bertz CT molecular complexity index is 485. The van der Waals surface area contributed by atoms with Gasteiger partial charge in [-0.15, -0.1) is 0 Å². The molecule has 0 bridgehead atoms.